The molecule has 1 aromatic carbocycles. The molecule has 4 rings (SSSR count). The van der Waals surface area contributed by atoms with Crippen molar-refractivity contribution in [3.63, 3.8) is 0 Å². The van der Waals surface area contributed by atoms with Crippen molar-refractivity contribution in [3.05, 3.63) is 70.2 Å². The van der Waals surface area contributed by atoms with Crippen LogP contribution in [0.15, 0.2) is 47.4 Å². The van der Waals surface area contributed by atoms with Crippen LogP contribution in [0.1, 0.15) is 42.9 Å². The maximum Gasteiger partial charge on any atom is 0.331 e. The number of nitrogens with zero attached hydrogens (tertiary/aromatic N) is 6. The molecule has 0 spiro atoms. The lowest BCUT2D eigenvalue weighted by atomic mass is 10.1. The number of hydrogen-bond acceptors (Lipinski definition) is 7. The second-order valence-corrected chi connectivity index (χ2v) is 8.79. The van der Waals surface area contributed by atoms with E-state index in [-0.39, 0.29) is 24.3 Å². The zero-order valence-corrected chi connectivity index (χ0v) is 19.3. The van der Waals surface area contributed by atoms with Gasteiger partial charge in [-0.2, -0.15) is 9.78 Å². The fourth-order valence-electron chi connectivity index (χ4n) is 3.65. The summed E-state index contributed by atoms with van der Waals surface area (Å²) in [5.74, 6) is -1.82. The number of ether oxygens (including phenoxy) is 1. The third-order valence-corrected chi connectivity index (χ3v) is 5.86. The van der Waals surface area contributed by atoms with E-state index >= 15 is 0 Å². The van der Waals surface area contributed by atoms with Gasteiger partial charge in [-0.05, 0) is 57.0 Å². The molecule has 12 heteroatoms. The quantitative estimate of drug-likeness (QED) is 0.535. The summed E-state index contributed by atoms with van der Waals surface area (Å²) in [7, 11) is 0. The third-order valence-electron chi connectivity index (χ3n) is 5.86. The van der Waals surface area contributed by atoms with Crippen LogP contribution in [-0.2, 0) is 21.7 Å². The first-order chi connectivity index (χ1) is 16.6. The van der Waals surface area contributed by atoms with Crippen molar-refractivity contribution in [2.24, 2.45) is 0 Å². The van der Waals surface area contributed by atoms with Gasteiger partial charge in [0, 0.05) is 19.2 Å². The maximum atomic E-state index is 13.2. The highest BCUT2D eigenvalue weighted by molar-refractivity contribution is 5.92. The molecule has 1 fully saturated rings. The van der Waals surface area contributed by atoms with Crippen LogP contribution in [0.4, 0.5) is 4.39 Å². The summed E-state index contributed by atoms with van der Waals surface area (Å²) in [4.78, 5) is 38.3. The molecule has 0 saturated carbocycles. The van der Waals surface area contributed by atoms with Crippen molar-refractivity contribution >= 4 is 11.9 Å². The third kappa shape index (κ3) is 5.27. The Labute approximate surface area is 199 Å². The van der Waals surface area contributed by atoms with Gasteiger partial charge in [0.15, 0.2) is 5.54 Å². The van der Waals surface area contributed by atoms with Crippen LogP contribution >= 0.6 is 0 Å². The van der Waals surface area contributed by atoms with E-state index in [1.165, 1.54) is 61.1 Å². The predicted molar refractivity (Wildman–Crippen MR) is 120 cm³/mol. The number of carboxylic acids is 1. The summed E-state index contributed by atoms with van der Waals surface area (Å²) in [6.45, 7) is 4.00. The molecule has 35 heavy (non-hydrogen) atoms. The van der Waals surface area contributed by atoms with Crippen molar-refractivity contribution in [2.75, 3.05) is 13.1 Å². The molecule has 11 nitrogen and oxygen atoms in total. The molecule has 184 valence electrons. The zero-order chi connectivity index (χ0) is 25.2. The number of carbonyl (C=O) groups excluding carboxylic acids is 1. The molecule has 3 heterocycles. The minimum atomic E-state index is -1.24. The Morgan fingerprint density at radius 1 is 1.20 bits per heavy atom. The number of aromatic nitrogens is 5. The summed E-state index contributed by atoms with van der Waals surface area (Å²) in [5, 5.41) is 21.4. The van der Waals surface area contributed by atoms with Gasteiger partial charge < -0.3 is 14.7 Å². The maximum absolute atomic E-state index is 13.2. The van der Waals surface area contributed by atoms with Crippen LogP contribution in [0.3, 0.4) is 0 Å². The Balaban J connectivity index is 1.41. The van der Waals surface area contributed by atoms with Crippen LogP contribution in [0.5, 0.6) is 0 Å². The Kier molecular flexibility index (Phi) is 6.74. The number of carbonyl (C=O) groups is 2. The van der Waals surface area contributed by atoms with Crippen LogP contribution in [-0.4, -0.2) is 65.9 Å². The lowest BCUT2D eigenvalue weighted by molar-refractivity contribution is -0.146. The second kappa shape index (κ2) is 9.74. The lowest BCUT2D eigenvalue weighted by Crippen LogP contribution is -2.44. The first kappa shape index (κ1) is 24.2. The standard InChI is InChI=1S/C23H25FN6O5/c1-23(2,22(33)34)29-12-16(25-27-29)14-35-18-4-3-11-28(13-18)21(32)19-9-10-20(31)30(26-19)17-7-5-15(24)6-8-17/h5-10,12,18H,3-4,11,13-14H2,1-2H3,(H,33,34). The Bertz CT molecular complexity index is 1290. The van der Waals surface area contributed by atoms with Gasteiger partial charge in [-0.25, -0.2) is 13.9 Å². The number of hydrogen-bond donors (Lipinski definition) is 1. The number of aliphatic carboxylic acids is 1. The van der Waals surface area contributed by atoms with E-state index in [2.05, 4.69) is 15.4 Å². The molecule has 0 bridgehead atoms. The lowest BCUT2D eigenvalue weighted by Gasteiger charge is -2.32. The van der Waals surface area contributed by atoms with Crippen LogP contribution in [0, 0.1) is 5.82 Å². The van der Waals surface area contributed by atoms with Crippen LogP contribution in [0.25, 0.3) is 5.69 Å². The van der Waals surface area contributed by atoms with Gasteiger partial charge in [-0.15, -0.1) is 5.10 Å². The van der Waals surface area contributed by atoms with E-state index < -0.39 is 22.9 Å². The summed E-state index contributed by atoms with van der Waals surface area (Å²) in [5.41, 5.74) is -0.752. The summed E-state index contributed by atoms with van der Waals surface area (Å²) < 4.78 is 21.5. The van der Waals surface area contributed by atoms with E-state index in [1.54, 1.807) is 4.90 Å². The van der Waals surface area contributed by atoms with E-state index in [0.717, 1.165) is 11.1 Å². The molecular weight excluding hydrogens is 459 g/mol. The largest absolute Gasteiger partial charge is 0.479 e. The SMILES string of the molecule is CC(C)(C(=O)O)n1cc(COC2CCCN(C(=O)c3ccc(=O)n(-c4ccc(F)cc4)n3)C2)nn1. The Morgan fingerprint density at radius 3 is 2.66 bits per heavy atom. The van der Waals surface area contributed by atoms with E-state index in [1.807, 2.05) is 0 Å². The minimum absolute atomic E-state index is 0.0911. The highest BCUT2D eigenvalue weighted by Gasteiger charge is 2.31. The van der Waals surface area contributed by atoms with Gasteiger partial charge in [-0.3, -0.25) is 9.59 Å². The fraction of sp³-hybridized carbons (Fsp3) is 0.391. The normalized spacial score (nSPS) is 16.3. The van der Waals surface area contributed by atoms with Gasteiger partial charge in [0.2, 0.25) is 0 Å². The first-order valence-corrected chi connectivity index (χ1v) is 11.1. The summed E-state index contributed by atoms with van der Waals surface area (Å²) >= 11 is 0. The van der Waals surface area contributed by atoms with E-state index in [4.69, 9.17) is 4.74 Å². The predicted octanol–water partition coefficient (Wildman–Crippen LogP) is 1.60. The monoisotopic (exact) mass is 484 g/mol. The number of piperidine rings is 1. The van der Waals surface area contributed by atoms with Crippen molar-refractivity contribution in [1.29, 1.82) is 0 Å². The molecule has 1 N–H and O–H groups in total. The molecular formula is C23H25FN6O5. The molecule has 1 atom stereocenters. The topological polar surface area (TPSA) is 132 Å². The van der Waals surface area contributed by atoms with Gasteiger partial charge in [0.05, 0.1) is 24.6 Å². The minimum Gasteiger partial charge on any atom is -0.479 e. The second-order valence-electron chi connectivity index (χ2n) is 8.79. The van der Waals surface area contributed by atoms with Crippen molar-refractivity contribution in [1.82, 2.24) is 29.7 Å². The highest BCUT2D eigenvalue weighted by atomic mass is 19.1. The smallest absolute Gasteiger partial charge is 0.331 e. The van der Waals surface area contributed by atoms with Crippen molar-refractivity contribution in [2.45, 2.75) is 44.9 Å². The average Bonchev–Trinajstić information content (AvgIpc) is 3.33. The van der Waals surface area contributed by atoms with Crippen LogP contribution < -0.4 is 5.56 Å². The summed E-state index contributed by atoms with van der Waals surface area (Å²) in [6, 6.07) is 7.88. The van der Waals surface area contributed by atoms with Gasteiger partial charge in [-0.1, -0.05) is 5.21 Å². The number of amides is 1. The van der Waals surface area contributed by atoms with E-state index in [9.17, 15) is 23.9 Å². The molecule has 3 aromatic rings. The molecule has 2 aromatic heterocycles. The Morgan fingerprint density at radius 2 is 1.94 bits per heavy atom. The molecule has 1 aliphatic rings. The van der Waals surface area contributed by atoms with Crippen LogP contribution in [0.2, 0.25) is 0 Å². The molecule has 0 radical (unpaired) electrons. The average molecular weight is 484 g/mol. The molecule has 0 aliphatic carbocycles. The molecule has 1 aliphatic heterocycles. The van der Waals surface area contributed by atoms with Crippen molar-refractivity contribution < 1.29 is 23.8 Å². The van der Waals surface area contributed by atoms with Gasteiger partial charge >= 0.3 is 5.97 Å². The number of benzene rings is 1. The molecule has 1 amide bonds. The number of halogens is 1. The van der Waals surface area contributed by atoms with Gasteiger partial charge in [0.1, 0.15) is 17.2 Å². The molecule has 1 saturated heterocycles. The number of carboxylic acid groups (broad SMARTS) is 1. The molecule has 1 unspecified atom stereocenters. The first-order valence-electron chi connectivity index (χ1n) is 11.1. The van der Waals surface area contributed by atoms with Crippen molar-refractivity contribution in [3.8, 4) is 5.69 Å². The number of rotatable bonds is 7. The fourth-order valence-corrected chi connectivity index (χ4v) is 3.65. The zero-order valence-electron chi connectivity index (χ0n) is 19.3. The summed E-state index contributed by atoms with van der Waals surface area (Å²) in [6.07, 6.45) is 2.73. The van der Waals surface area contributed by atoms with E-state index in [0.29, 0.717) is 30.9 Å². The van der Waals surface area contributed by atoms with Gasteiger partial charge in [0.25, 0.3) is 11.5 Å². The number of likely N-dealkylation sites (tertiary alicyclic amines) is 1. The Hall–Kier alpha value is -3.93. The highest BCUT2D eigenvalue weighted by Crippen LogP contribution is 2.18.